The first-order valence-corrected chi connectivity index (χ1v) is 9.62. The van der Waals surface area contributed by atoms with Gasteiger partial charge in [0.25, 0.3) is 5.56 Å². The van der Waals surface area contributed by atoms with Gasteiger partial charge in [0.1, 0.15) is 6.33 Å². The highest BCUT2D eigenvalue weighted by Gasteiger charge is 2.28. The lowest BCUT2D eigenvalue weighted by atomic mass is 9.91. The Morgan fingerprint density at radius 1 is 1.35 bits per heavy atom. The maximum absolute atomic E-state index is 12.7. The number of H-pyrrole nitrogens is 1. The first-order chi connectivity index (χ1) is 12.4. The van der Waals surface area contributed by atoms with Crippen molar-refractivity contribution in [2.45, 2.75) is 49.9 Å². The fourth-order valence-corrected chi connectivity index (χ4v) is 4.23. The second kappa shape index (κ2) is 7.99. The summed E-state index contributed by atoms with van der Waals surface area (Å²) < 4.78 is 0. The third-order valence-corrected chi connectivity index (χ3v) is 5.59. The molecular formula is C18H23N5O2S. The number of thioether (sulfide) groups is 1. The third-order valence-electron chi connectivity index (χ3n) is 4.61. The van der Waals surface area contributed by atoms with E-state index in [2.05, 4.69) is 19.9 Å². The van der Waals surface area contributed by atoms with Crippen LogP contribution in [0.25, 0.3) is 0 Å². The molecule has 7 nitrogen and oxygen atoms in total. The summed E-state index contributed by atoms with van der Waals surface area (Å²) in [4.78, 5) is 41.6. The maximum Gasteiger partial charge on any atom is 0.251 e. The standard InChI is InChI=1S/C18H23N5O2S/c1-11-9-19-10-20-16(11)14-4-6-23(7-5-14)17(25)13(3)26-18-21-12(2)8-15(24)22-18/h8-10,13-14H,4-7H2,1-3H3,(H,21,22,24)/t13-/m1/s1. The van der Waals surface area contributed by atoms with Crippen LogP contribution in [0.5, 0.6) is 0 Å². The van der Waals surface area contributed by atoms with Crippen molar-refractivity contribution in [3.8, 4) is 0 Å². The van der Waals surface area contributed by atoms with Crippen LogP contribution in [0.15, 0.2) is 28.5 Å². The van der Waals surface area contributed by atoms with Crippen molar-refractivity contribution in [1.29, 1.82) is 0 Å². The van der Waals surface area contributed by atoms with Crippen LogP contribution < -0.4 is 5.56 Å². The van der Waals surface area contributed by atoms with Crippen molar-refractivity contribution < 1.29 is 4.79 Å². The van der Waals surface area contributed by atoms with E-state index in [1.165, 1.54) is 17.8 Å². The maximum atomic E-state index is 12.7. The van der Waals surface area contributed by atoms with Gasteiger partial charge >= 0.3 is 0 Å². The van der Waals surface area contributed by atoms with Crippen molar-refractivity contribution in [2.75, 3.05) is 13.1 Å². The Kier molecular flexibility index (Phi) is 5.70. The predicted octanol–water partition coefficient (Wildman–Crippen LogP) is 2.06. The van der Waals surface area contributed by atoms with Crippen molar-refractivity contribution >= 4 is 17.7 Å². The van der Waals surface area contributed by atoms with Crippen LogP contribution in [0.3, 0.4) is 0 Å². The van der Waals surface area contributed by atoms with Crippen LogP contribution in [0, 0.1) is 13.8 Å². The molecule has 2 aromatic rings. The van der Waals surface area contributed by atoms with Crippen molar-refractivity contribution in [2.24, 2.45) is 0 Å². The number of amides is 1. The molecule has 8 heteroatoms. The van der Waals surface area contributed by atoms with Gasteiger partial charge in [-0.1, -0.05) is 11.8 Å². The highest BCUT2D eigenvalue weighted by molar-refractivity contribution is 8.00. The van der Waals surface area contributed by atoms with Gasteiger partial charge in [0.15, 0.2) is 5.16 Å². The van der Waals surface area contributed by atoms with Gasteiger partial charge in [-0.15, -0.1) is 0 Å². The van der Waals surface area contributed by atoms with E-state index in [4.69, 9.17) is 0 Å². The minimum Gasteiger partial charge on any atom is -0.342 e. The summed E-state index contributed by atoms with van der Waals surface area (Å²) in [6, 6.07) is 1.44. The average molecular weight is 373 g/mol. The minimum absolute atomic E-state index is 0.0806. The smallest absolute Gasteiger partial charge is 0.251 e. The van der Waals surface area contributed by atoms with Gasteiger partial charge in [0.2, 0.25) is 5.91 Å². The SMILES string of the molecule is Cc1cc(=O)[nH]c(S[C@H](C)C(=O)N2CCC(c3ncncc3C)CC2)n1. The lowest BCUT2D eigenvalue weighted by Crippen LogP contribution is -2.42. The number of nitrogens with zero attached hydrogens (tertiary/aromatic N) is 4. The summed E-state index contributed by atoms with van der Waals surface area (Å²) in [6.45, 7) is 7.09. The molecule has 0 unspecified atom stereocenters. The van der Waals surface area contributed by atoms with Crippen LogP contribution in [-0.4, -0.2) is 49.1 Å². The highest BCUT2D eigenvalue weighted by atomic mass is 32.2. The zero-order valence-corrected chi connectivity index (χ0v) is 16.0. The van der Waals surface area contributed by atoms with Gasteiger partial charge < -0.3 is 9.88 Å². The second-order valence-electron chi connectivity index (χ2n) is 6.64. The summed E-state index contributed by atoms with van der Waals surface area (Å²) >= 11 is 1.29. The Morgan fingerprint density at radius 2 is 2.08 bits per heavy atom. The Morgan fingerprint density at radius 3 is 2.73 bits per heavy atom. The molecular weight excluding hydrogens is 350 g/mol. The van der Waals surface area contributed by atoms with Crippen LogP contribution >= 0.6 is 11.8 Å². The molecule has 0 saturated carbocycles. The van der Waals surface area contributed by atoms with Gasteiger partial charge in [0, 0.05) is 42.7 Å². The number of aryl methyl sites for hydroxylation is 2. The van der Waals surface area contributed by atoms with E-state index in [0.29, 0.717) is 16.8 Å². The predicted molar refractivity (Wildman–Crippen MR) is 100 cm³/mol. The molecule has 0 radical (unpaired) electrons. The molecule has 3 rings (SSSR count). The van der Waals surface area contributed by atoms with E-state index in [-0.39, 0.29) is 16.7 Å². The summed E-state index contributed by atoms with van der Waals surface area (Å²) in [5.41, 5.74) is 2.66. The number of rotatable bonds is 4. The van der Waals surface area contributed by atoms with E-state index >= 15 is 0 Å². The molecule has 0 aliphatic carbocycles. The van der Waals surface area contributed by atoms with Gasteiger partial charge in [0.05, 0.1) is 5.25 Å². The molecule has 0 bridgehead atoms. The summed E-state index contributed by atoms with van der Waals surface area (Å²) in [5, 5.41) is 0.194. The number of hydrogen-bond donors (Lipinski definition) is 1. The van der Waals surface area contributed by atoms with Gasteiger partial charge in [-0.2, -0.15) is 0 Å². The van der Waals surface area contributed by atoms with Crippen molar-refractivity contribution in [1.82, 2.24) is 24.8 Å². The molecule has 1 atom stereocenters. The Labute approximate surface area is 156 Å². The lowest BCUT2D eigenvalue weighted by molar-refractivity contribution is -0.131. The Hall–Kier alpha value is -2.22. The fourth-order valence-electron chi connectivity index (χ4n) is 3.29. The molecule has 1 aliphatic rings. The summed E-state index contributed by atoms with van der Waals surface area (Å²) in [5.74, 6) is 0.455. The zero-order valence-electron chi connectivity index (χ0n) is 15.2. The third kappa shape index (κ3) is 4.30. The quantitative estimate of drug-likeness (QED) is 0.651. The van der Waals surface area contributed by atoms with E-state index in [0.717, 1.165) is 37.2 Å². The lowest BCUT2D eigenvalue weighted by Gasteiger charge is -2.33. The molecule has 26 heavy (non-hydrogen) atoms. The Balaban J connectivity index is 1.59. The van der Waals surface area contributed by atoms with Crippen LogP contribution in [-0.2, 0) is 4.79 Å². The van der Waals surface area contributed by atoms with E-state index < -0.39 is 0 Å². The number of carbonyl (C=O) groups is 1. The summed E-state index contributed by atoms with van der Waals surface area (Å²) in [6.07, 6.45) is 5.24. The van der Waals surface area contributed by atoms with Crippen LogP contribution in [0.2, 0.25) is 0 Å². The average Bonchev–Trinajstić information content (AvgIpc) is 2.61. The number of hydrogen-bond acceptors (Lipinski definition) is 6. The number of aromatic amines is 1. The zero-order chi connectivity index (χ0) is 18.7. The normalized spacial score (nSPS) is 16.5. The highest BCUT2D eigenvalue weighted by Crippen LogP contribution is 2.29. The van der Waals surface area contributed by atoms with Gasteiger partial charge in [-0.05, 0) is 39.2 Å². The molecule has 3 heterocycles. The van der Waals surface area contributed by atoms with E-state index in [1.807, 2.05) is 24.9 Å². The molecule has 1 fully saturated rings. The minimum atomic E-state index is -0.294. The number of carbonyl (C=O) groups excluding carboxylic acids is 1. The van der Waals surface area contributed by atoms with E-state index in [9.17, 15) is 9.59 Å². The first kappa shape index (κ1) is 18.6. The largest absolute Gasteiger partial charge is 0.342 e. The van der Waals surface area contributed by atoms with Crippen molar-refractivity contribution in [3.05, 3.63) is 45.9 Å². The van der Waals surface area contributed by atoms with E-state index in [1.54, 1.807) is 13.3 Å². The fraction of sp³-hybridized carbons (Fsp3) is 0.500. The molecule has 0 spiro atoms. The van der Waals surface area contributed by atoms with Gasteiger partial charge in [-0.25, -0.2) is 15.0 Å². The second-order valence-corrected chi connectivity index (χ2v) is 7.97. The molecule has 138 valence electrons. The number of aromatic nitrogens is 4. The molecule has 1 aliphatic heterocycles. The Bertz CT molecular complexity index is 845. The number of nitrogens with one attached hydrogen (secondary N) is 1. The molecule has 0 aromatic carbocycles. The van der Waals surface area contributed by atoms with Gasteiger partial charge in [-0.3, -0.25) is 9.59 Å². The number of likely N-dealkylation sites (tertiary alicyclic amines) is 1. The van der Waals surface area contributed by atoms with Crippen LogP contribution in [0.4, 0.5) is 0 Å². The first-order valence-electron chi connectivity index (χ1n) is 8.74. The number of piperidine rings is 1. The van der Waals surface area contributed by atoms with Crippen LogP contribution in [0.1, 0.15) is 42.6 Å². The summed E-state index contributed by atoms with van der Waals surface area (Å²) in [7, 11) is 0. The molecule has 1 amide bonds. The molecule has 2 aromatic heterocycles. The molecule has 1 saturated heterocycles. The topological polar surface area (TPSA) is 91.8 Å². The molecule has 1 N–H and O–H groups in total. The monoisotopic (exact) mass is 373 g/mol. The van der Waals surface area contributed by atoms with Crippen molar-refractivity contribution in [3.63, 3.8) is 0 Å².